The molecule has 2 aliphatic carbocycles. The van der Waals surface area contributed by atoms with Crippen LogP contribution in [0.15, 0.2) is 6.20 Å². The number of hydrogen-bond donors (Lipinski definition) is 1. The van der Waals surface area contributed by atoms with E-state index in [0.717, 1.165) is 12.2 Å². The summed E-state index contributed by atoms with van der Waals surface area (Å²) in [6.07, 6.45) is 13.0. The molecule has 3 fully saturated rings. The highest BCUT2D eigenvalue weighted by Gasteiger charge is 2.49. The summed E-state index contributed by atoms with van der Waals surface area (Å²) in [7, 11) is 1.96. The van der Waals surface area contributed by atoms with Crippen LogP contribution in [0.2, 0.25) is 0 Å². The molecule has 0 amide bonds. The molecule has 2 saturated carbocycles. The van der Waals surface area contributed by atoms with Gasteiger partial charge in [-0.25, -0.2) is 0 Å². The van der Waals surface area contributed by atoms with Crippen LogP contribution >= 0.6 is 0 Å². The summed E-state index contributed by atoms with van der Waals surface area (Å²) >= 11 is 0. The van der Waals surface area contributed by atoms with Crippen LogP contribution in [-0.2, 0) is 13.6 Å². The maximum Gasteiger partial charge on any atom is 0.0967 e. The van der Waals surface area contributed by atoms with Gasteiger partial charge >= 0.3 is 0 Å². The Labute approximate surface area is 127 Å². The predicted octanol–water partition coefficient (Wildman–Crippen LogP) is 1.85. The van der Waals surface area contributed by atoms with Gasteiger partial charge in [0.2, 0.25) is 0 Å². The van der Waals surface area contributed by atoms with Gasteiger partial charge in [-0.15, -0.1) is 5.10 Å². The molecule has 3 aliphatic rings. The quantitative estimate of drug-likeness (QED) is 0.902. The number of nitrogens with zero attached hydrogens (tertiary/aromatic N) is 4. The van der Waals surface area contributed by atoms with Gasteiger partial charge in [-0.05, 0) is 25.7 Å². The summed E-state index contributed by atoms with van der Waals surface area (Å²) in [6.45, 7) is 3.34. The van der Waals surface area contributed by atoms with E-state index >= 15 is 0 Å². The van der Waals surface area contributed by atoms with E-state index in [2.05, 4.69) is 26.7 Å². The predicted molar refractivity (Wildman–Crippen MR) is 81.8 cm³/mol. The van der Waals surface area contributed by atoms with Crippen LogP contribution in [0.3, 0.4) is 0 Å². The Bertz CT molecular complexity index is 497. The highest BCUT2D eigenvalue weighted by atomic mass is 15.4. The number of nitrogens with one attached hydrogen (secondary N) is 1. The fourth-order valence-electron chi connectivity index (χ4n) is 4.85. The zero-order chi connectivity index (χ0) is 14.3. The Morgan fingerprint density at radius 3 is 2.52 bits per heavy atom. The lowest BCUT2D eigenvalue weighted by atomic mass is 9.84. The van der Waals surface area contributed by atoms with Crippen LogP contribution in [0, 0.1) is 0 Å². The topological polar surface area (TPSA) is 46.0 Å². The minimum Gasteiger partial charge on any atom is -0.308 e. The Morgan fingerprint density at radius 2 is 1.86 bits per heavy atom. The van der Waals surface area contributed by atoms with Gasteiger partial charge in [-0.1, -0.05) is 30.9 Å². The van der Waals surface area contributed by atoms with Gasteiger partial charge < -0.3 is 5.32 Å². The molecule has 0 unspecified atom stereocenters. The van der Waals surface area contributed by atoms with Crippen molar-refractivity contribution < 1.29 is 0 Å². The first-order valence-electron chi connectivity index (χ1n) is 8.55. The van der Waals surface area contributed by atoms with E-state index in [1.807, 2.05) is 11.7 Å². The van der Waals surface area contributed by atoms with Crippen molar-refractivity contribution >= 4 is 0 Å². The SMILES string of the molecule is Cn1cc(CN2CC3(CCCC3)NCC23CCCC3)nn1. The molecule has 21 heavy (non-hydrogen) atoms. The molecule has 1 aliphatic heterocycles. The molecule has 2 spiro atoms. The molecule has 5 heteroatoms. The van der Waals surface area contributed by atoms with E-state index in [4.69, 9.17) is 0 Å². The summed E-state index contributed by atoms with van der Waals surface area (Å²) in [5.41, 5.74) is 1.89. The van der Waals surface area contributed by atoms with Crippen molar-refractivity contribution in [3.05, 3.63) is 11.9 Å². The van der Waals surface area contributed by atoms with Crippen molar-refractivity contribution in [2.24, 2.45) is 7.05 Å². The third-order valence-corrected chi connectivity index (χ3v) is 6.05. The van der Waals surface area contributed by atoms with E-state index < -0.39 is 0 Å². The van der Waals surface area contributed by atoms with Crippen LogP contribution in [0.4, 0.5) is 0 Å². The molecular formula is C16H27N5. The van der Waals surface area contributed by atoms with Crippen molar-refractivity contribution in [1.82, 2.24) is 25.2 Å². The number of aryl methyl sites for hydroxylation is 1. The smallest absolute Gasteiger partial charge is 0.0967 e. The lowest BCUT2D eigenvalue weighted by molar-refractivity contribution is 0.00187. The fourth-order valence-corrected chi connectivity index (χ4v) is 4.85. The van der Waals surface area contributed by atoms with Crippen LogP contribution in [0.5, 0.6) is 0 Å². The fraction of sp³-hybridized carbons (Fsp3) is 0.875. The van der Waals surface area contributed by atoms with Gasteiger partial charge in [0, 0.05) is 44.0 Å². The molecule has 2 heterocycles. The summed E-state index contributed by atoms with van der Waals surface area (Å²) in [5.74, 6) is 0. The van der Waals surface area contributed by atoms with E-state index in [-0.39, 0.29) is 0 Å². The highest BCUT2D eigenvalue weighted by Crippen LogP contribution is 2.43. The Morgan fingerprint density at radius 1 is 1.14 bits per heavy atom. The zero-order valence-corrected chi connectivity index (χ0v) is 13.1. The van der Waals surface area contributed by atoms with Crippen LogP contribution in [0.25, 0.3) is 0 Å². The molecule has 116 valence electrons. The second kappa shape index (κ2) is 5.06. The van der Waals surface area contributed by atoms with Gasteiger partial charge in [0.15, 0.2) is 0 Å². The van der Waals surface area contributed by atoms with Gasteiger partial charge in [-0.2, -0.15) is 0 Å². The van der Waals surface area contributed by atoms with Crippen molar-refractivity contribution in [3.63, 3.8) is 0 Å². The number of hydrogen-bond acceptors (Lipinski definition) is 4. The van der Waals surface area contributed by atoms with Crippen molar-refractivity contribution in [2.75, 3.05) is 13.1 Å². The minimum absolute atomic E-state index is 0.380. The second-order valence-corrected chi connectivity index (χ2v) is 7.51. The normalized spacial score (nSPS) is 27.9. The number of rotatable bonds is 2. The molecule has 4 rings (SSSR count). The third-order valence-electron chi connectivity index (χ3n) is 6.05. The molecule has 0 aromatic carbocycles. The van der Waals surface area contributed by atoms with E-state index in [0.29, 0.717) is 11.1 Å². The maximum absolute atomic E-state index is 4.33. The lowest BCUT2D eigenvalue weighted by Gasteiger charge is -2.52. The average Bonchev–Trinajstić information content (AvgIpc) is 3.18. The second-order valence-electron chi connectivity index (χ2n) is 7.51. The van der Waals surface area contributed by atoms with Crippen molar-refractivity contribution in [1.29, 1.82) is 0 Å². The van der Waals surface area contributed by atoms with Gasteiger partial charge in [0.05, 0.1) is 5.69 Å². The van der Waals surface area contributed by atoms with E-state index in [9.17, 15) is 0 Å². The van der Waals surface area contributed by atoms with E-state index in [1.165, 1.54) is 64.5 Å². The van der Waals surface area contributed by atoms with Crippen molar-refractivity contribution in [3.8, 4) is 0 Å². The third kappa shape index (κ3) is 2.40. The largest absolute Gasteiger partial charge is 0.308 e. The first kappa shape index (κ1) is 13.7. The van der Waals surface area contributed by atoms with E-state index in [1.54, 1.807) is 0 Å². The molecule has 5 nitrogen and oxygen atoms in total. The zero-order valence-electron chi connectivity index (χ0n) is 13.1. The molecule has 1 aromatic heterocycles. The van der Waals surface area contributed by atoms with Crippen LogP contribution in [-0.4, -0.2) is 44.1 Å². The first-order valence-corrected chi connectivity index (χ1v) is 8.55. The minimum atomic E-state index is 0.380. The summed E-state index contributed by atoms with van der Waals surface area (Å²) in [6, 6.07) is 0. The summed E-state index contributed by atoms with van der Waals surface area (Å²) < 4.78 is 1.82. The van der Waals surface area contributed by atoms with Gasteiger partial charge in [0.25, 0.3) is 0 Å². The molecule has 1 aromatic rings. The Hall–Kier alpha value is -0.940. The van der Waals surface area contributed by atoms with Crippen LogP contribution in [0.1, 0.15) is 57.1 Å². The monoisotopic (exact) mass is 289 g/mol. The van der Waals surface area contributed by atoms with Crippen LogP contribution < -0.4 is 5.32 Å². The van der Waals surface area contributed by atoms with Gasteiger partial charge in [0.1, 0.15) is 0 Å². The molecule has 0 atom stereocenters. The molecular weight excluding hydrogens is 262 g/mol. The summed E-state index contributed by atoms with van der Waals surface area (Å²) in [5, 5.41) is 12.4. The standard InChI is InChI=1S/C16H27N5/c1-20-10-14(18-19-20)11-21-13-15(6-2-3-7-15)17-12-16(21)8-4-5-9-16/h10,17H,2-9,11-13H2,1H3. The Balaban J connectivity index is 1.57. The average molecular weight is 289 g/mol. The first-order chi connectivity index (χ1) is 10.2. The molecule has 1 saturated heterocycles. The number of aromatic nitrogens is 3. The number of piperazine rings is 1. The highest BCUT2D eigenvalue weighted by molar-refractivity contribution is 5.10. The van der Waals surface area contributed by atoms with Crippen molar-refractivity contribution in [2.45, 2.75) is 69.0 Å². The maximum atomic E-state index is 4.33. The van der Waals surface area contributed by atoms with Gasteiger partial charge in [-0.3, -0.25) is 9.58 Å². The molecule has 0 bridgehead atoms. The summed E-state index contributed by atoms with van der Waals surface area (Å²) in [4.78, 5) is 2.76. The molecule has 1 N–H and O–H groups in total. The Kier molecular flexibility index (Phi) is 3.30. The lowest BCUT2D eigenvalue weighted by Crippen LogP contribution is -2.68. The molecule has 0 radical (unpaired) electrons.